The number of unbranched alkanes of at least 4 members (excludes halogenated alkanes) is 5. The van der Waals surface area contributed by atoms with E-state index in [0.717, 1.165) is 57.7 Å². The van der Waals surface area contributed by atoms with Crippen LogP contribution in [-0.4, -0.2) is 78.9 Å². The van der Waals surface area contributed by atoms with E-state index in [1.165, 1.54) is 35.4 Å². The number of carbonyl (C=O) groups is 2. The van der Waals surface area contributed by atoms with Crippen molar-refractivity contribution < 1.29 is 18.7 Å². The summed E-state index contributed by atoms with van der Waals surface area (Å²) in [6.45, 7) is 5.35. The van der Waals surface area contributed by atoms with Crippen molar-refractivity contribution >= 4 is 29.8 Å². The second-order valence-electron chi connectivity index (χ2n) is 8.91. The van der Waals surface area contributed by atoms with Gasteiger partial charge in [0.2, 0.25) is 0 Å². The molecule has 3 heterocycles. The molecule has 0 saturated carbocycles. The molecule has 0 spiro atoms. The highest BCUT2D eigenvalue weighted by atomic mass is 35.5. The number of ether oxygens (including phenoxy) is 1. The molecule has 0 aliphatic carbocycles. The summed E-state index contributed by atoms with van der Waals surface area (Å²) in [7, 11) is 0. The lowest BCUT2D eigenvalue weighted by Crippen LogP contribution is -2.36. The first kappa shape index (κ1) is 25.4. The van der Waals surface area contributed by atoms with Crippen LogP contribution in [0.2, 0.25) is 5.02 Å². The summed E-state index contributed by atoms with van der Waals surface area (Å²) < 4.78 is 11.2. The molecule has 188 valence electrons. The van der Waals surface area contributed by atoms with Crippen LogP contribution in [0.3, 0.4) is 0 Å². The average molecular weight is 501 g/mol. The number of nitrogens with zero attached hydrogens (tertiary/aromatic N) is 4. The van der Waals surface area contributed by atoms with Crippen LogP contribution in [0.15, 0.2) is 45.9 Å². The number of morpholine rings is 1. The van der Waals surface area contributed by atoms with Gasteiger partial charge in [0.1, 0.15) is 18.1 Å². The van der Waals surface area contributed by atoms with E-state index in [9.17, 15) is 9.59 Å². The van der Waals surface area contributed by atoms with E-state index in [0.29, 0.717) is 23.1 Å². The Labute approximate surface area is 211 Å². The van der Waals surface area contributed by atoms with Crippen LogP contribution in [0, 0.1) is 0 Å². The highest BCUT2D eigenvalue weighted by molar-refractivity contribution is 6.30. The number of hydrazone groups is 1. The fourth-order valence-corrected chi connectivity index (χ4v) is 4.42. The molecule has 0 radical (unpaired) electrons. The van der Waals surface area contributed by atoms with Gasteiger partial charge < -0.3 is 9.15 Å². The van der Waals surface area contributed by atoms with E-state index in [1.54, 1.807) is 18.2 Å². The Balaban J connectivity index is 1.14. The fourth-order valence-electron chi connectivity index (χ4n) is 4.29. The Hall–Kier alpha value is -2.68. The second-order valence-corrected chi connectivity index (χ2v) is 9.35. The predicted octanol–water partition coefficient (Wildman–Crippen LogP) is 4.87. The van der Waals surface area contributed by atoms with E-state index in [-0.39, 0.29) is 18.5 Å². The molecule has 2 saturated heterocycles. The monoisotopic (exact) mass is 500 g/mol. The third-order valence-corrected chi connectivity index (χ3v) is 6.58. The number of hydrogen-bond acceptors (Lipinski definition) is 6. The summed E-state index contributed by atoms with van der Waals surface area (Å²) in [4.78, 5) is 28.7. The third-order valence-electron chi connectivity index (χ3n) is 6.33. The quantitative estimate of drug-likeness (QED) is 0.236. The predicted molar refractivity (Wildman–Crippen MR) is 136 cm³/mol. The van der Waals surface area contributed by atoms with Crippen molar-refractivity contribution in [1.82, 2.24) is 14.8 Å². The van der Waals surface area contributed by atoms with Crippen molar-refractivity contribution in [3.8, 4) is 11.3 Å². The molecule has 1 aromatic heterocycles. The lowest BCUT2D eigenvalue weighted by Gasteiger charge is -2.26. The zero-order valence-corrected chi connectivity index (χ0v) is 20.8. The number of furan rings is 1. The molecule has 0 N–H and O–H groups in total. The van der Waals surface area contributed by atoms with Crippen molar-refractivity contribution in [1.29, 1.82) is 0 Å². The highest BCUT2D eigenvalue weighted by Crippen LogP contribution is 2.23. The minimum atomic E-state index is -0.374. The fraction of sp³-hybridized carbons (Fsp3) is 0.500. The highest BCUT2D eigenvalue weighted by Gasteiger charge is 2.35. The largest absolute Gasteiger partial charge is 0.455 e. The zero-order valence-electron chi connectivity index (χ0n) is 20.0. The maximum atomic E-state index is 12.6. The number of halogens is 1. The molecule has 0 bridgehead atoms. The van der Waals surface area contributed by atoms with Gasteiger partial charge in [-0.05, 0) is 55.8 Å². The normalized spacial score (nSPS) is 17.3. The topological polar surface area (TPSA) is 78.6 Å². The first-order valence-electron chi connectivity index (χ1n) is 12.4. The van der Waals surface area contributed by atoms with Crippen molar-refractivity contribution in [3.05, 3.63) is 47.2 Å². The Morgan fingerprint density at radius 3 is 2.31 bits per heavy atom. The Morgan fingerprint density at radius 2 is 1.57 bits per heavy atom. The molecule has 2 aliphatic rings. The summed E-state index contributed by atoms with van der Waals surface area (Å²) in [6.07, 6.45) is 8.03. The Kier molecular flexibility index (Phi) is 9.34. The average Bonchev–Trinajstić information content (AvgIpc) is 3.45. The van der Waals surface area contributed by atoms with Crippen molar-refractivity contribution in [2.45, 2.75) is 38.5 Å². The molecule has 2 aromatic rings. The molecule has 35 heavy (non-hydrogen) atoms. The molecule has 4 rings (SSSR count). The van der Waals surface area contributed by atoms with Gasteiger partial charge in [-0.3, -0.25) is 14.6 Å². The van der Waals surface area contributed by atoms with Crippen LogP contribution in [-0.2, 0) is 9.53 Å². The number of carbonyl (C=O) groups excluding carboxylic acids is 2. The first-order chi connectivity index (χ1) is 17.1. The van der Waals surface area contributed by atoms with Crippen molar-refractivity contribution in [2.75, 3.05) is 45.9 Å². The van der Waals surface area contributed by atoms with Crippen LogP contribution in [0.4, 0.5) is 4.79 Å². The van der Waals surface area contributed by atoms with Crippen LogP contribution in [0.25, 0.3) is 11.3 Å². The molecular weight excluding hydrogens is 468 g/mol. The first-order valence-corrected chi connectivity index (χ1v) is 12.8. The molecule has 8 nitrogen and oxygen atoms in total. The smallest absolute Gasteiger partial charge is 0.347 e. The Bertz CT molecular complexity index is 1000. The van der Waals surface area contributed by atoms with E-state index < -0.39 is 0 Å². The van der Waals surface area contributed by atoms with Crippen LogP contribution >= 0.6 is 11.6 Å². The van der Waals surface area contributed by atoms with E-state index in [1.807, 2.05) is 18.2 Å². The number of urea groups is 1. The number of rotatable bonds is 12. The second kappa shape index (κ2) is 12.9. The summed E-state index contributed by atoms with van der Waals surface area (Å²) in [5.41, 5.74) is 0.893. The molecular formula is C26H33ClN4O4. The number of imide groups is 1. The standard InChI is InChI=1S/C26H33ClN4O4/c27-22-9-7-21(8-10-22)24-12-11-23(35-24)19-28-31-20-25(32)30(26(31)33)14-6-4-2-1-3-5-13-29-15-17-34-18-16-29/h7-12,19H,1-6,13-18,20H2/b28-19+. The van der Waals surface area contributed by atoms with Crippen LogP contribution in [0.1, 0.15) is 44.3 Å². The molecule has 2 fully saturated rings. The summed E-state index contributed by atoms with van der Waals surface area (Å²) in [5, 5.41) is 6.03. The van der Waals surface area contributed by atoms with Gasteiger partial charge in [0.05, 0.1) is 19.4 Å². The van der Waals surface area contributed by atoms with Gasteiger partial charge in [-0.2, -0.15) is 5.10 Å². The lowest BCUT2D eigenvalue weighted by atomic mass is 10.1. The number of hydrogen-bond donors (Lipinski definition) is 0. The molecule has 9 heteroatoms. The van der Waals surface area contributed by atoms with Crippen LogP contribution in [0.5, 0.6) is 0 Å². The van der Waals surface area contributed by atoms with E-state index in [4.69, 9.17) is 20.8 Å². The van der Waals surface area contributed by atoms with Crippen molar-refractivity contribution in [2.24, 2.45) is 5.10 Å². The summed E-state index contributed by atoms with van der Waals surface area (Å²) in [6, 6.07) is 10.6. The summed E-state index contributed by atoms with van der Waals surface area (Å²) in [5.74, 6) is 0.968. The van der Waals surface area contributed by atoms with Crippen LogP contribution < -0.4 is 0 Å². The summed E-state index contributed by atoms with van der Waals surface area (Å²) >= 11 is 5.93. The van der Waals surface area contributed by atoms with Gasteiger partial charge in [-0.25, -0.2) is 9.80 Å². The van der Waals surface area contributed by atoms with E-state index >= 15 is 0 Å². The third kappa shape index (κ3) is 7.40. The van der Waals surface area contributed by atoms with Gasteiger partial charge in [0.25, 0.3) is 5.91 Å². The lowest BCUT2D eigenvalue weighted by molar-refractivity contribution is -0.125. The SMILES string of the molecule is O=C1CN(/N=C/c2ccc(-c3ccc(Cl)cc3)o2)C(=O)N1CCCCCCCCN1CCOCC1. The number of benzene rings is 1. The minimum Gasteiger partial charge on any atom is -0.455 e. The molecule has 2 aliphatic heterocycles. The number of amides is 3. The van der Waals surface area contributed by atoms with E-state index in [2.05, 4.69) is 10.0 Å². The molecule has 0 unspecified atom stereocenters. The van der Waals surface area contributed by atoms with Gasteiger partial charge in [-0.1, -0.05) is 37.3 Å². The maximum Gasteiger partial charge on any atom is 0.347 e. The maximum absolute atomic E-state index is 12.6. The van der Waals surface area contributed by atoms with Gasteiger partial charge in [0.15, 0.2) is 0 Å². The Morgan fingerprint density at radius 1 is 0.886 bits per heavy atom. The van der Waals surface area contributed by atoms with Gasteiger partial charge in [-0.15, -0.1) is 0 Å². The zero-order chi connectivity index (χ0) is 24.5. The molecule has 0 atom stereocenters. The van der Waals surface area contributed by atoms with Gasteiger partial charge in [0, 0.05) is 30.2 Å². The molecule has 1 aromatic carbocycles. The molecule has 3 amide bonds. The van der Waals surface area contributed by atoms with Crippen molar-refractivity contribution in [3.63, 3.8) is 0 Å². The minimum absolute atomic E-state index is 0.0401. The van der Waals surface area contributed by atoms with Gasteiger partial charge >= 0.3 is 6.03 Å².